The predicted octanol–water partition coefficient (Wildman–Crippen LogP) is 6.99. The molecule has 0 saturated carbocycles. The summed E-state index contributed by atoms with van der Waals surface area (Å²) in [4.78, 5) is 12.2. The summed E-state index contributed by atoms with van der Waals surface area (Å²) in [5, 5.41) is 0. The zero-order chi connectivity index (χ0) is 26.6. The smallest absolute Gasteiger partial charge is 0.460 e. The second-order valence-corrected chi connectivity index (χ2v) is 7.29. The van der Waals surface area contributed by atoms with Crippen LogP contribution in [0.4, 0.5) is 35.1 Å². The normalized spacial score (nSPS) is 13.1. The molecule has 0 aliphatic carbocycles. The van der Waals surface area contributed by atoms with Crippen molar-refractivity contribution in [2.75, 3.05) is 0 Å². The molecule has 3 rings (SSSR count). The van der Waals surface area contributed by atoms with Gasteiger partial charge in [-0.3, -0.25) is 0 Å². The van der Waals surface area contributed by atoms with E-state index in [0.717, 1.165) is 29.8 Å². The largest absolute Gasteiger partial charge is 0.489 e. The van der Waals surface area contributed by atoms with Gasteiger partial charge < -0.3 is 14.2 Å². The van der Waals surface area contributed by atoms with Crippen molar-refractivity contribution in [3.8, 4) is 17.2 Å². The second kappa shape index (κ2) is 10.4. The van der Waals surface area contributed by atoms with E-state index in [4.69, 9.17) is 9.47 Å². The number of hydrogen-bond donors (Lipinski definition) is 0. The Morgan fingerprint density at radius 2 is 1.25 bits per heavy atom. The van der Waals surface area contributed by atoms with Gasteiger partial charge in [0, 0.05) is 0 Å². The minimum absolute atomic E-state index is 0.116. The molecule has 0 aliphatic rings. The van der Waals surface area contributed by atoms with Crippen LogP contribution in [0.3, 0.4) is 0 Å². The molecule has 1 unspecified atom stereocenters. The van der Waals surface area contributed by atoms with E-state index in [1.807, 2.05) is 30.3 Å². The van der Waals surface area contributed by atoms with E-state index in [-0.39, 0.29) is 11.3 Å². The highest BCUT2D eigenvalue weighted by molar-refractivity contribution is 5.91. The first-order valence-electron chi connectivity index (χ1n) is 10.0. The third-order valence-corrected chi connectivity index (χ3v) is 4.67. The van der Waals surface area contributed by atoms with Crippen molar-refractivity contribution < 1.29 is 54.1 Å². The molecule has 3 aromatic rings. The number of alkyl halides is 8. The van der Waals surface area contributed by atoms with Crippen LogP contribution in [-0.4, -0.2) is 30.3 Å². The molecule has 0 aliphatic heterocycles. The van der Waals surface area contributed by atoms with Crippen LogP contribution in [0.1, 0.15) is 15.9 Å². The maximum atomic E-state index is 13.6. The van der Waals surface area contributed by atoms with E-state index < -0.39 is 36.1 Å². The summed E-state index contributed by atoms with van der Waals surface area (Å²) in [6.45, 7) is 0.313. The van der Waals surface area contributed by atoms with Crippen molar-refractivity contribution in [2.45, 2.75) is 31.0 Å². The molecule has 192 valence electrons. The Labute approximate surface area is 199 Å². The first-order chi connectivity index (χ1) is 16.8. The molecular formula is C24H16F8O4. The molecule has 0 fully saturated rings. The zero-order valence-corrected chi connectivity index (χ0v) is 17.9. The molecule has 0 N–H and O–H groups in total. The van der Waals surface area contributed by atoms with Gasteiger partial charge in [0.2, 0.25) is 0 Å². The number of rotatable bonds is 9. The fraction of sp³-hybridized carbons (Fsp3) is 0.208. The predicted molar refractivity (Wildman–Crippen MR) is 110 cm³/mol. The molecule has 0 saturated heterocycles. The summed E-state index contributed by atoms with van der Waals surface area (Å²) in [7, 11) is 0. The Hall–Kier alpha value is -3.83. The Kier molecular flexibility index (Phi) is 7.75. The van der Waals surface area contributed by atoms with Crippen molar-refractivity contribution in [1.29, 1.82) is 0 Å². The lowest BCUT2D eigenvalue weighted by molar-refractivity contribution is -0.379. The monoisotopic (exact) mass is 520 g/mol. The van der Waals surface area contributed by atoms with Crippen LogP contribution in [0.15, 0.2) is 78.9 Å². The first-order valence-corrected chi connectivity index (χ1v) is 10.0. The van der Waals surface area contributed by atoms with Gasteiger partial charge in [-0.25, -0.2) is 4.79 Å². The average molecular weight is 520 g/mol. The Bertz CT molecular complexity index is 1150. The topological polar surface area (TPSA) is 44.8 Å². The van der Waals surface area contributed by atoms with Gasteiger partial charge in [-0.2, -0.15) is 35.1 Å². The van der Waals surface area contributed by atoms with Crippen LogP contribution in [0.25, 0.3) is 0 Å². The summed E-state index contributed by atoms with van der Waals surface area (Å²) in [6, 6.07) is 18.6. The number of ether oxygens (including phenoxy) is 3. The molecule has 0 heterocycles. The van der Waals surface area contributed by atoms with E-state index in [2.05, 4.69) is 4.74 Å². The number of esters is 1. The molecule has 0 aromatic heterocycles. The summed E-state index contributed by atoms with van der Waals surface area (Å²) in [6.07, 6.45) is -11.0. The van der Waals surface area contributed by atoms with Crippen LogP contribution in [-0.2, 0) is 6.61 Å². The maximum absolute atomic E-state index is 13.6. The molecule has 0 amide bonds. The zero-order valence-electron chi connectivity index (χ0n) is 17.9. The third-order valence-electron chi connectivity index (χ3n) is 4.67. The number of halogens is 8. The van der Waals surface area contributed by atoms with Gasteiger partial charge in [-0.1, -0.05) is 30.3 Å². The summed E-state index contributed by atoms with van der Waals surface area (Å²) < 4.78 is 117. The van der Waals surface area contributed by atoms with Gasteiger partial charge in [0.1, 0.15) is 23.9 Å². The molecule has 12 heteroatoms. The maximum Gasteiger partial charge on any atom is 0.460 e. The molecule has 4 nitrogen and oxygen atoms in total. The third kappa shape index (κ3) is 6.04. The van der Waals surface area contributed by atoms with Crippen molar-refractivity contribution in [1.82, 2.24) is 0 Å². The summed E-state index contributed by atoms with van der Waals surface area (Å²) >= 11 is 0. The molecule has 3 aromatic carbocycles. The molecule has 0 bridgehead atoms. The minimum atomic E-state index is -6.70. The van der Waals surface area contributed by atoms with Gasteiger partial charge in [0.15, 0.2) is 0 Å². The van der Waals surface area contributed by atoms with E-state index in [1.165, 1.54) is 12.1 Å². The van der Waals surface area contributed by atoms with Gasteiger partial charge in [0.25, 0.3) is 0 Å². The first kappa shape index (κ1) is 26.8. The highest BCUT2D eigenvalue weighted by Crippen LogP contribution is 2.49. The summed E-state index contributed by atoms with van der Waals surface area (Å²) in [5.74, 6) is -14.0. The number of carbonyl (C=O) groups excluding carboxylic acids is 1. The number of carbonyl (C=O) groups is 1. The second-order valence-electron chi connectivity index (χ2n) is 7.29. The van der Waals surface area contributed by atoms with Crippen molar-refractivity contribution in [3.05, 3.63) is 90.0 Å². The van der Waals surface area contributed by atoms with Crippen LogP contribution < -0.4 is 14.2 Å². The lowest BCUT2D eigenvalue weighted by Gasteiger charge is -2.30. The Balaban J connectivity index is 1.57. The Morgan fingerprint density at radius 3 is 1.81 bits per heavy atom. The molecule has 36 heavy (non-hydrogen) atoms. The van der Waals surface area contributed by atoms with Gasteiger partial charge in [0.05, 0.1) is 5.56 Å². The molecule has 1 atom stereocenters. The van der Waals surface area contributed by atoms with Crippen LogP contribution in [0.5, 0.6) is 17.2 Å². The lowest BCUT2D eigenvalue weighted by Crippen LogP contribution is -2.58. The summed E-state index contributed by atoms with van der Waals surface area (Å²) in [5.41, 5.74) is 0.770. The number of benzene rings is 3. The van der Waals surface area contributed by atoms with Gasteiger partial charge in [-0.05, 0) is 54.1 Å². The standard InChI is InChI=1S/C24H16F8O4/c25-21(22(26,27)23(28,29)24(30,31)32)36-19-8-6-16(7-9-19)20(33)35-18-12-10-17(11-13-18)34-14-15-4-2-1-3-5-15/h1-13,21H,14H2. The fourth-order valence-electron chi connectivity index (χ4n) is 2.71. The highest BCUT2D eigenvalue weighted by atomic mass is 19.4. The van der Waals surface area contributed by atoms with Crippen molar-refractivity contribution in [2.24, 2.45) is 0 Å². The number of hydrogen-bond acceptors (Lipinski definition) is 4. The average Bonchev–Trinajstić information content (AvgIpc) is 2.84. The molecule has 0 spiro atoms. The Morgan fingerprint density at radius 1 is 0.722 bits per heavy atom. The van der Waals surface area contributed by atoms with Crippen LogP contribution >= 0.6 is 0 Å². The van der Waals surface area contributed by atoms with Crippen LogP contribution in [0, 0.1) is 0 Å². The van der Waals surface area contributed by atoms with E-state index in [9.17, 15) is 39.9 Å². The van der Waals surface area contributed by atoms with Crippen molar-refractivity contribution in [3.63, 3.8) is 0 Å². The molecular weight excluding hydrogens is 504 g/mol. The molecule has 0 radical (unpaired) electrons. The van der Waals surface area contributed by atoms with Crippen LogP contribution in [0.2, 0.25) is 0 Å². The van der Waals surface area contributed by atoms with E-state index >= 15 is 0 Å². The SMILES string of the molecule is O=C(Oc1ccc(OCc2ccccc2)cc1)c1ccc(OC(F)C(F)(F)C(F)(F)C(F)(F)F)cc1. The van der Waals surface area contributed by atoms with Gasteiger partial charge >= 0.3 is 30.3 Å². The van der Waals surface area contributed by atoms with Crippen molar-refractivity contribution >= 4 is 5.97 Å². The van der Waals surface area contributed by atoms with E-state index in [1.54, 1.807) is 12.1 Å². The lowest BCUT2D eigenvalue weighted by atomic mass is 10.1. The fourth-order valence-corrected chi connectivity index (χ4v) is 2.71. The van der Waals surface area contributed by atoms with E-state index in [0.29, 0.717) is 12.4 Å². The van der Waals surface area contributed by atoms with Gasteiger partial charge in [-0.15, -0.1) is 0 Å². The minimum Gasteiger partial charge on any atom is -0.489 e. The quantitative estimate of drug-likeness (QED) is 0.173. The highest BCUT2D eigenvalue weighted by Gasteiger charge is 2.77.